The second-order valence-corrected chi connectivity index (χ2v) is 7.57. The minimum absolute atomic E-state index is 0.0585. The molecule has 25 heavy (non-hydrogen) atoms. The Bertz CT molecular complexity index is 986. The van der Waals surface area contributed by atoms with E-state index in [0.29, 0.717) is 14.9 Å². The van der Waals surface area contributed by atoms with E-state index in [1.807, 2.05) is 6.07 Å². The molecule has 0 aliphatic heterocycles. The molecule has 9 heteroatoms. The summed E-state index contributed by atoms with van der Waals surface area (Å²) >= 11 is 7.89. The highest BCUT2D eigenvalue weighted by atomic mass is 35.5. The molecule has 1 aromatic carbocycles. The molecule has 128 valence electrons. The summed E-state index contributed by atoms with van der Waals surface area (Å²) in [6, 6.07) is 8.81. The van der Waals surface area contributed by atoms with Crippen LogP contribution in [-0.2, 0) is 7.05 Å². The standard InChI is InChI=1S/C16H12ClN3O3S2/c1-20-14(23)12(9-5-3-2-4-6-9)13(22)19-16(20)24-8-10(21)11-7-18-15(17)25-11/h2-7,22H,8H2,1H3. The van der Waals surface area contributed by atoms with Crippen LogP contribution in [0.15, 0.2) is 46.5 Å². The number of aromatic nitrogens is 3. The molecule has 0 spiro atoms. The van der Waals surface area contributed by atoms with E-state index in [-0.39, 0.29) is 33.7 Å². The SMILES string of the molecule is Cn1c(SCC(=O)c2cnc(Cl)s2)nc(O)c(-c2ccccc2)c1=O. The predicted octanol–water partition coefficient (Wildman–Crippen LogP) is 3.24. The maximum Gasteiger partial charge on any atom is 0.265 e. The molecule has 3 aromatic rings. The zero-order valence-electron chi connectivity index (χ0n) is 13.0. The van der Waals surface area contributed by atoms with Crippen LogP contribution >= 0.6 is 34.7 Å². The fourth-order valence-corrected chi connectivity index (χ4v) is 3.95. The number of nitrogens with zero attached hydrogens (tertiary/aromatic N) is 3. The van der Waals surface area contributed by atoms with Crippen molar-refractivity contribution in [2.24, 2.45) is 7.05 Å². The summed E-state index contributed by atoms with van der Waals surface area (Å²) in [4.78, 5) is 33.0. The van der Waals surface area contributed by atoms with Gasteiger partial charge in [0.05, 0.1) is 16.8 Å². The predicted molar refractivity (Wildman–Crippen MR) is 98.8 cm³/mol. The number of halogens is 1. The lowest BCUT2D eigenvalue weighted by Gasteiger charge is -2.10. The van der Waals surface area contributed by atoms with E-state index < -0.39 is 0 Å². The summed E-state index contributed by atoms with van der Waals surface area (Å²) in [5.41, 5.74) is 0.336. The number of aromatic hydroxyl groups is 1. The third-order valence-corrected chi connectivity index (χ3v) is 5.56. The third kappa shape index (κ3) is 3.76. The third-order valence-electron chi connectivity index (χ3n) is 3.38. The second kappa shape index (κ2) is 7.38. The number of ketones is 1. The Morgan fingerprint density at radius 3 is 2.72 bits per heavy atom. The van der Waals surface area contributed by atoms with Gasteiger partial charge in [0.2, 0.25) is 5.88 Å². The molecule has 0 aliphatic carbocycles. The van der Waals surface area contributed by atoms with E-state index in [4.69, 9.17) is 11.6 Å². The van der Waals surface area contributed by atoms with E-state index in [2.05, 4.69) is 9.97 Å². The Hall–Kier alpha value is -2.16. The highest BCUT2D eigenvalue weighted by Gasteiger charge is 2.18. The van der Waals surface area contributed by atoms with Gasteiger partial charge in [0.25, 0.3) is 5.56 Å². The van der Waals surface area contributed by atoms with Gasteiger partial charge >= 0.3 is 0 Å². The number of hydrogen-bond acceptors (Lipinski definition) is 7. The number of carbonyl (C=O) groups is 1. The van der Waals surface area contributed by atoms with Crippen LogP contribution in [0.5, 0.6) is 5.88 Å². The van der Waals surface area contributed by atoms with Crippen LogP contribution in [0.2, 0.25) is 4.47 Å². The van der Waals surface area contributed by atoms with Crippen LogP contribution in [-0.4, -0.2) is 31.2 Å². The molecular weight excluding hydrogens is 382 g/mol. The number of benzene rings is 1. The number of hydrogen-bond donors (Lipinski definition) is 1. The van der Waals surface area contributed by atoms with Crippen molar-refractivity contribution >= 4 is 40.5 Å². The van der Waals surface area contributed by atoms with Gasteiger partial charge in [-0.2, -0.15) is 4.98 Å². The quantitative estimate of drug-likeness (QED) is 0.407. The molecule has 2 heterocycles. The Kier molecular flexibility index (Phi) is 5.22. The first-order valence-corrected chi connectivity index (χ1v) is 9.28. The summed E-state index contributed by atoms with van der Waals surface area (Å²) < 4.78 is 1.61. The molecule has 0 unspecified atom stereocenters. The van der Waals surface area contributed by atoms with Gasteiger partial charge in [-0.25, -0.2) is 4.98 Å². The van der Waals surface area contributed by atoms with E-state index in [1.165, 1.54) is 10.8 Å². The van der Waals surface area contributed by atoms with Gasteiger partial charge in [-0.1, -0.05) is 65.0 Å². The first-order chi connectivity index (χ1) is 12.0. The van der Waals surface area contributed by atoms with Gasteiger partial charge in [-0.05, 0) is 5.56 Å². The van der Waals surface area contributed by atoms with E-state index in [9.17, 15) is 14.7 Å². The van der Waals surface area contributed by atoms with Gasteiger partial charge in [-0.3, -0.25) is 14.2 Å². The van der Waals surface area contributed by atoms with Crippen molar-refractivity contribution in [3.8, 4) is 17.0 Å². The summed E-state index contributed by atoms with van der Waals surface area (Å²) in [7, 11) is 1.55. The van der Waals surface area contributed by atoms with Gasteiger partial charge < -0.3 is 5.11 Å². The first kappa shape index (κ1) is 17.7. The van der Waals surface area contributed by atoms with Crippen molar-refractivity contribution in [3.05, 3.63) is 56.2 Å². The van der Waals surface area contributed by atoms with Gasteiger partial charge in [0, 0.05) is 7.05 Å². The van der Waals surface area contributed by atoms with Crippen LogP contribution in [0.4, 0.5) is 0 Å². The van der Waals surface area contributed by atoms with E-state index >= 15 is 0 Å². The molecule has 0 radical (unpaired) electrons. The molecule has 1 N–H and O–H groups in total. The molecule has 3 rings (SSSR count). The molecular formula is C16H12ClN3O3S2. The molecule has 2 aromatic heterocycles. The van der Waals surface area contributed by atoms with E-state index in [1.54, 1.807) is 31.3 Å². The lowest BCUT2D eigenvalue weighted by Crippen LogP contribution is -2.22. The lowest BCUT2D eigenvalue weighted by molar-refractivity contribution is 0.102. The fraction of sp³-hybridized carbons (Fsp3) is 0.125. The van der Waals surface area contributed by atoms with Gasteiger partial charge in [-0.15, -0.1) is 0 Å². The Labute approximate surface area is 156 Å². The molecule has 6 nitrogen and oxygen atoms in total. The smallest absolute Gasteiger partial charge is 0.265 e. The zero-order valence-corrected chi connectivity index (χ0v) is 15.4. The van der Waals surface area contributed by atoms with Crippen LogP contribution < -0.4 is 5.56 Å². The molecule has 0 saturated carbocycles. The second-order valence-electron chi connectivity index (χ2n) is 5.01. The largest absolute Gasteiger partial charge is 0.493 e. The number of thioether (sulfide) groups is 1. The Morgan fingerprint density at radius 1 is 1.36 bits per heavy atom. The summed E-state index contributed by atoms with van der Waals surface area (Å²) in [5.74, 6) is -0.469. The molecule has 0 fully saturated rings. The number of carbonyl (C=O) groups excluding carboxylic acids is 1. The number of thiazole rings is 1. The average Bonchev–Trinajstić information content (AvgIpc) is 3.04. The van der Waals surface area contributed by atoms with Crippen molar-refractivity contribution in [3.63, 3.8) is 0 Å². The van der Waals surface area contributed by atoms with Gasteiger partial charge in [0.1, 0.15) is 5.56 Å². The highest BCUT2D eigenvalue weighted by Crippen LogP contribution is 2.27. The van der Waals surface area contributed by atoms with Crippen molar-refractivity contribution in [1.29, 1.82) is 0 Å². The first-order valence-electron chi connectivity index (χ1n) is 7.10. The van der Waals surface area contributed by atoms with Crippen LogP contribution in [0, 0.1) is 0 Å². The minimum atomic E-state index is -0.380. The zero-order chi connectivity index (χ0) is 18.0. The molecule has 0 bridgehead atoms. The maximum atomic E-state index is 12.6. The van der Waals surface area contributed by atoms with Gasteiger partial charge in [0.15, 0.2) is 15.4 Å². The Morgan fingerprint density at radius 2 is 2.08 bits per heavy atom. The average molecular weight is 394 g/mol. The van der Waals surface area contributed by atoms with Crippen LogP contribution in [0.1, 0.15) is 9.67 Å². The maximum absolute atomic E-state index is 12.6. The van der Waals surface area contributed by atoms with Crippen molar-refractivity contribution in [2.75, 3.05) is 5.75 Å². The molecule has 0 atom stereocenters. The normalized spacial score (nSPS) is 10.8. The molecule has 0 aliphatic rings. The molecule has 0 saturated heterocycles. The lowest BCUT2D eigenvalue weighted by atomic mass is 10.1. The highest BCUT2D eigenvalue weighted by molar-refractivity contribution is 7.99. The van der Waals surface area contributed by atoms with Crippen LogP contribution in [0.3, 0.4) is 0 Å². The number of Topliss-reactive ketones (excluding diaryl/α,β-unsaturated/α-hetero) is 1. The number of rotatable bonds is 5. The van der Waals surface area contributed by atoms with Crippen LogP contribution in [0.25, 0.3) is 11.1 Å². The summed E-state index contributed by atoms with van der Waals surface area (Å²) in [6.45, 7) is 0. The Balaban J connectivity index is 1.86. The van der Waals surface area contributed by atoms with E-state index in [0.717, 1.165) is 23.1 Å². The topological polar surface area (TPSA) is 85.1 Å². The van der Waals surface area contributed by atoms with Crippen molar-refractivity contribution < 1.29 is 9.90 Å². The summed E-state index contributed by atoms with van der Waals surface area (Å²) in [6.07, 6.45) is 1.42. The fourth-order valence-electron chi connectivity index (χ4n) is 2.14. The monoisotopic (exact) mass is 393 g/mol. The van der Waals surface area contributed by atoms with Crippen molar-refractivity contribution in [1.82, 2.24) is 14.5 Å². The summed E-state index contributed by atoms with van der Waals surface area (Å²) in [5, 5.41) is 10.4. The minimum Gasteiger partial charge on any atom is -0.493 e. The van der Waals surface area contributed by atoms with Crippen molar-refractivity contribution in [2.45, 2.75) is 5.16 Å². The molecule has 0 amide bonds.